The van der Waals surface area contributed by atoms with E-state index < -0.39 is 38.9 Å². The maximum Gasteiger partial charge on any atom is 0.293 e. The predicted molar refractivity (Wildman–Crippen MR) is 270 cm³/mol. The summed E-state index contributed by atoms with van der Waals surface area (Å²) in [6.45, 7) is 12.7. The minimum atomic E-state index is -4.57. The van der Waals surface area contributed by atoms with E-state index in [4.69, 9.17) is 16.3 Å². The number of methoxy groups -OCH3 is 1. The molecule has 1 aliphatic carbocycles. The number of aromatic nitrogens is 2. The molecule has 3 aromatic carbocycles. The summed E-state index contributed by atoms with van der Waals surface area (Å²) in [5, 5.41) is 17.1. The highest BCUT2D eigenvalue weighted by Crippen LogP contribution is 2.52. The summed E-state index contributed by atoms with van der Waals surface area (Å²) in [4.78, 5) is 51.8. The van der Waals surface area contributed by atoms with Gasteiger partial charge in [0, 0.05) is 104 Å². The number of nitro benzene ring substituents is 1. The Labute approximate surface area is 402 Å². The number of amides is 1. The third kappa shape index (κ3) is 12.0. The van der Waals surface area contributed by atoms with E-state index in [0.717, 1.165) is 84.7 Å². The summed E-state index contributed by atoms with van der Waals surface area (Å²) >= 11 is 7.57. The normalized spacial score (nSPS) is 18.5. The summed E-state index contributed by atoms with van der Waals surface area (Å²) in [6.07, 6.45) is 8.10. The van der Waals surface area contributed by atoms with Crippen molar-refractivity contribution in [3.63, 3.8) is 0 Å². The molecule has 3 aliphatic rings. The van der Waals surface area contributed by atoms with Crippen LogP contribution < -0.4 is 14.9 Å². The van der Waals surface area contributed by atoms with Crippen molar-refractivity contribution in [1.82, 2.24) is 24.5 Å². The van der Waals surface area contributed by atoms with Crippen LogP contribution in [0.1, 0.15) is 49.0 Å². The molecule has 0 spiro atoms. The SMILES string of the molecule is COCC(CNc1ccc(S(=O)(=O)NC(=O)c2ccc(N3CCN(CC4=C(c5ccc(Cl)cc5)CC(C)(C)CC4)CC3)cc2Sc2cnc3[nH]ccc3c2)cc1[N+](=O)[O-])N1CC[P+](C)(O)CC1. The van der Waals surface area contributed by atoms with E-state index in [1.165, 1.54) is 40.6 Å². The van der Waals surface area contributed by atoms with Crippen molar-refractivity contribution >= 4 is 80.5 Å². The Morgan fingerprint density at radius 1 is 1.04 bits per heavy atom. The maximum absolute atomic E-state index is 14.1. The number of hydrogen-bond acceptors (Lipinski definition) is 13. The van der Waals surface area contributed by atoms with Crippen LogP contribution >= 0.6 is 30.9 Å². The summed E-state index contributed by atoms with van der Waals surface area (Å²) < 4.78 is 35.4. The van der Waals surface area contributed by atoms with Crippen LogP contribution in [0.15, 0.2) is 105 Å². The first-order chi connectivity index (χ1) is 32.0. The van der Waals surface area contributed by atoms with Gasteiger partial charge in [-0.25, -0.2) is 18.1 Å². The van der Waals surface area contributed by atoms with Gasteiger partial charge in [-0.2, -0.15) is 0 Å². The topological polar surface area (TPSA) is 186 Å². The third-order valence-electron chi connectivity index (χ3n) is 13.2. The summed E-state index contributed by atoms with van der Waals surface area (Å²) in [5.41, 5.74) is 5.79. The molecule has 1 unspecified atom stereocenters. The van der Waals surface area contributed by atoms with Gasteiger partial charge in [0.1, 0.15) is 18.8 Å². The van der Waals surface area contributed by atoms with Crippen molar-refractivity contribution in [3.8, 4) is 0 Å². The smallest absolute Gasteiger partial charge is 0.293 e. The molecule has 0 radical (unpaired) electrons. The van der Waals surface area contributed by atoms with E-state index in [0.29, 0.717) is 43.5 Å². The number of halogens is 1. The van der Waals surface area contributed by atoms with Crippen LogP contribution in [0.4, 0.5) is 17.1 Å². The molecule has 0 bridgehead atoms. The quantitative estimate of drug-likeness (QED) is 0.0420. The molecule has 356 valence electrons. The van der Waals surface area contributed by atoms with Gasteiger partial charge in [-0.1, -0.05) is 54.9 Å². The molecule has 4 heterocycles. The van der Waals surface area contributed by atoms with Crippen LogP contribution in [0.3, 0.4) is 0 Å². The van der Waals surface area contributed by atoms with E-state index in [2.05, 4.69) is 60.7 Å². The molecule has 5 aromatic rings. The van der Waals surface area contributed by atoms with E-state index in [9.17, 15) is 28.2 Å². The zero-order chi connectivity index (χ0) is 47.5. The zero-order valence-corrected chi connectivity index (χ0v) is 41.6. The average Bonchev–Trinajstić information content (AvgIpc) is 3.77. The fourth-order valence-corrected chi connectivity index (χ4v) is 12.9. The number of fused-ring (bicyclic) bond motifs is 1. The first-order valence-electron chi connectivity index (χ1n) is 22.5. The molecule has 1 amide bonds. The van der Waals surface area contributed by atoms with Gasteiger partial charge in [-0.15, -0.1) is 0 Å². The Bertz CT molecular complexity index is 2750. The number of piperazine rings is 1. The highest BCUT2D eigenvalue weighted by molar-refractivity contribution is 7.99. The highest BCUT2D eigenvalue weighted by Gasteiger charge is 2.37. The number of rotatable bonds is 16. The van der Waals surface area contributed by atoms with Crippen LogP contribution in [0, 0.1) is 15.5 Å². The fourth-order valence-electron chi connectivity index (χ4n) is 9.19. The molecule has 1 atom stereocenters. The second-order valence-corrected chi connectivity index (χ2v) is 25.6. The average molecular weight is 991 g/mol. The number of nitrogens with one attached hydrogen (secondary N) is 3. The molecule has 2 aliphatic heterocycles. The van der Waals surface area contributed by atoms with Crippen molar-refractivity contribution in [1.29, 1.82) is 0 Å². The van der Waals surface area contributed by atoms with Crippen molar-refractivity contribution in [2.75, 3.05) is 95.3 Å². The number of sulfonamides is 1. The molecule has 0 saturated carbocycles. The number of H-pyrrole nitrogens is 1. The molecular weight excluding hydrogens is 931 g/mol. The van der Waals surface area contributed by atoms with E-state index >= 15 is 0 Å². The van der Waals surface area contributed by atoms with Crippen molar-refractivity contribution in [2.45, 2.75) is 53.8 Å². The number of allylic oxidation sites excluding steroid dienone is 1. The number of nitrogens with zero attached hydrogens (tertiary/aromatic N) is 5. The molecule has 19 heteroatoms. The molecular formula is C48H59ClN8O7PS2+. The Morgan fingerprint density at radius 3 is 2.51 bits per heavy atom. The Kier molecular flexibility index (Phi) is 15.0. The number of carbonyl (C=O) groups is 1. The van der Waals surface area contributed by atoms with Crippen molar-refractivity contribution < 1.29 is 27.8 Å². The largest absolute Gasteiger partial charge is 0.383 e. The Balaban J connectivity index is 0.989. The summed E-state index contributed by atoms with van der Waals surface area (Å²) in [6, 6.07) is 20.9. The van der Waals surface area contributed by atoms with Crippen LogP contribution in [-0.2, 0) is 14.8 Å². The number of anilines is 2. The number of benzene rings is 3. The lowest BCUT2D eigenvalue weighted by Gasteiger charge is -2.39. The number of ether oxygens (including phenoxy) is 1. The van der Waals surface area contributed by atoms with E-state index in [1.807, 2.05) is 43.1 Å². The molecule has 8 rings (SSSR count). The van der Waals surface area contributed by atoms with Gasteiger partial charge in [0.25, 0.3) is 21.6 Å². The minimum absolute atomic E-state index is 0.130. The molecule has 4 N–H and O–H groups in total. The van der Waals surface area contributed by atoms with Gasteiger partial charge >= 0.3 is 0 Å². The predicted octanol–water partition coefficient (Wildman–Crippen LogP) is 8.48. The Hall–Kier alpha value is -4.58. The van der Waals surface area contributed by atoms with Gasteiger partial charge < -0.3 is 19.9 Å². The van der Waals surface area contributed by atoms with E-state index in [-0.39, 0.29) is 22.7 Å². The third-order valence-corrected chi connectivity index (χ3v) is 18.1. The second kappa shape index (κ2) is 20.6. The van der Waals surface area contributed by atoms with Gasteiger partial charge in [-0.05, 0) is 90.4 Å². The van der Waals surface area contributed by atoms with Gasteiger partial charge in [-0.3, -0.25) is 29.6 Å². The number of carbonyl (C=O) groups excluding carboxylic acids is 1. The standard InChI is InChI=1S/C48H58ClN8O7PS2/c1-48(2)15-13-35(42(28-48)33-5-7-36(49)8-6-33)31-54-17-19-55(20-18-54)37-9-11-41(45(26-37)66-39-25-34-14-16-50-46(34)52-30-39)47(58)53-67(62,63)40-10-12-43(44(27-40)57(59)60)51-29-38(32-64-3)56-21-23-65(4,61)24-22-56/h5-12,14,16,25-27,30,38,51,61H,13,15,17-24,28-29,31-32H2,1-4H3,(H-,50,52,53,58)/p+1. The monoisotopic (exact) mass is 989 g/mol. The molecule has 2 aromatic heterocycles. The number of pyridine rings is 1. The fraction of sp³-hybridized carbons (Fsp3) is 0.417. The van der Waals surface area contributed by atoms with Gasteiger partial charge in [0.2, 0.25) is 0 Å². The van der Waals surface area contributed by atoms with Gasteiger partial charge in [0.05, 0.1) is 47.0 Å². The maximum atomic E-state index is 14.1. The second-order valence-electron chi connectivity index (χ2n) is 18.7. The van der Waals surface area contributed by atoms with Crippen molar-refractivity contribution in [2.24, 2.45) is 5.41 Å². The summed E-state index contributed by atoms with van der Waals surface area (Å²) in [7, 11) is -4.91. The minimum Gasteiger partial charge on any atom is -0.383 e. The summed E-state index contributed by atoms with van der Waals surface area (Å²) in [5.74, 6) is -0.870. The lowest BCUT2D eigenvalue weighted by atomic mass is 9.72. The highest BCUT2D eigenvalue weighted by atomic mass is 35.5. The van der Waals surface area contributed by atoms with Crippen LogP contribution in [-0.4, -0.2) is 135 Å². The first kappa shape index (κ1) is 48.9. The van der Waals surface area contributed by atoms with Crippen LogP contribution in [0.25, 0.3) is 16.6 Å². The zero-order valence-electron chi connectivity index (χ0n) is 38.3. The molecule has 2 fully saturated rings. The molecule has 2 saturated heterocycles. The van der Waals surface area contributed by atoms with Crippen LogP contribution in [0.2, 0.25) is 5.02 Å². The van der Waals surface area contributed by atoms with Crippen molar-refractivity contribution in [3.05, 3.63) is 117 Å². The van der Waals surface area contributed by atoms with Crippen LogP contribution in [0.5, 0.6) is 0 Å². The number of hydrogen-bond donors (Lipinski definition) is 4. The lowest BCUT2D eigenvalue weighted by Crippen LogP contribution is -2.48. The molecule has 15 nitrogen and oxygen atoms in total. The van der Waals surface area contributed by atoms with E-state index in [1.54, 1.807) is 25.6 Å². The number of aromatic amines is 1. The Morgan fingerprint density at radius 2 is 1.79 bits per heavy atom. The number of nitro groups is 1. The lowest BCUT2D eigenvalue weighted by molar-refractivity contribution is -0.384. The first-order valence-corrected chi connectivity index (χ1v) is 27.8. The molecule has 67 heavy (non-hydrogen) atoms. The van der Waals surface area contributed by atoms with Gasteiger partial charge in [0.15, 0.2) is 0 Å².